The van der Waals surface area contributed by atoms with E-state index in [1.807, 2.05) is 13.8 Å². The van der Waals surface area contributed by atoms with Gasteiger partial charge in [-0.2, -0.15) is 0 Å². The van der Waals surface area contributed by atoms with Crippen LogP contribution >= 0.6 is 0 Å². The Morgan fingerprint density at radius 1 is 1.21 bits per heavy atom. The molecule has 0 aromatic heterocycles. The summed E-state index contributed by atoms with van der Waals surface area (Å²) in [5, 5.41) is 12.3. The molecule has 2 saturated heterocycles. The zero-order chi connectivity index (χ0) is 21.9. The fourth-order valence-electron chi connectivity index (χ4n) is 4.96. The summed E-state index contributed by atoms with van der Waals surface area (Å²) in [6.45, 7) is 9.14. The first-order valence-electron chi connectivity index (χ1n) is 10.1. The first-order chi connectivity index (χ1) is 13.2. The molecule has 3 aliphatic rings. The van der Waals surface area contributed by atoms with Crippen LogP contribution in [-0.2, 0) is 9.59 Å². The van der Waals surface area contributed by atoms with Gasteiger partial charge in [-0.3, -0.25) is 4.79 Å². The van der Waals surface area contributed by atoms with Crippen molar-refractivity contribution < 1.29 is 28.3 Å². The molecule has 9 heteroatoms. The van der Waals surface area contributed by atoms with Crippen molar-refractivity contribution in [2.24, 2.45) is 22.7 Å². The molecule has 0 bridgehead atoms. The van der Waals surface area contributed by atoms with Gasteiger partial charge in [0.15, 0.2) is 0 Å². The van der Waals surface area contributed by atoms with Crippen LogP contribution in [-0.4, -0.2) is 70.5 Å². The second-order valence-electron chi connectivity index (χ2n) is 10.4. The molecule has 1 saturated carbocycles. The third-order valence-corrected chi connectivity index (χ3v) is 6.81. The van der Waals surface area contributed by atoms with Crippen molar-refractivity contribution in [3.05, 3.63) is 0 Å². The highest BCUT2D eigenvalue weighted by Crippen LogP contribution is 2.65. The van der Waals surface area contributed by atoms with E-state index >= 15 is 0 Å². The van der Waals surface area contributed by atoms with Crippen LogP contribution < -0.4 is 5.32 Å². The number of amides is 3. The number of carbonyl (C=O) groups is 3. The summed E-state index contributed by atoms with van der Waals surface area (Å²) >= 11 is 0. The maximum Gasteiger partial charge on any atom is 0.326 e. The molecule has 3 fully saturated rings. The second-order valence-corrected chi connectivity index (χ2v) is 10.4. The number of likely N-dealkylation sites (tertiary alicyclic amines) is 2. The van der Waals surface area contributed by atoms with Crippen LogP contribution in [0.25, 0.3) is 0 Å². The minimum Gasteiger partial charge on any atom is -0.480 e. The fraction of sp³-hybridized carbons (Fsp3) is 0.850. The lowest BCUT2D eigenvalue weighted by Crippen LogP contribution is -2.61. The number of alkyl halides is 2. The SMILES string of the molecule is CC(C)(C)[C@H](NC(=O)N1CCCC(F)(F)C1)C(=O)N1C[C@H]2[C@@H]([C@H]1C(=O)O)C2(C)C. The number of aliphatic carboxylic acids is 1. The van der Waals surface area contributed by atoms with Crippen LogP contribution in [0, 0.1) is 22.7 Å². The van der Waals surface area contributed by atoms with Gasteiger partial charge in [-0.15, -0.1) is 0 Å². The average molecular weight is 415 g/mol. The number of nitrogens with one attached hydrogen (secondary N) is 1. The second kappa shape index (κ2) is 6.80. The zero-order valence-corrected chi connectivity index (χ0v) is 17.7. The normalized spacial score (nSPS) is 31.1. The zero-order valence-electron chi connectivity index (χ0n) is 17.7. The molecule has 2 aliphatic heterocycles. The Balaban J connectivity index is 1.76. The molecule has 29 heavy (non-hydrogen) atoms. The molecule has 0 aromatic rings. The number of hydrogen-bond acceptors (Lipinski definition) is 3. The number of carbonyl (C=O) groups excluding carboxylic acids is 2. The number of carboxylic acid groups (broad SMARTS) is 1. The molecule has 0 radical (unpaired) electrons. The van der Waals surface area contributed by atoms with Gasteiger partial charge >= 0.3 is 12.0 Å². The van der Waals surface area contributed by atoms with Crippen LogP contribution in [0.1, 0.15) is 47.5 Å². The number of piperidine rings is 2. The van der Waals surface area contributed by atoms with E-state index in [1.54, 1.807) is 20.8 Å². The lowest BCUT2D eigenvalue weighted by molar-refractivity contribution is -0.152. The third kappa shape index (κ3) is 3.92. The average Bonchev–Trinajstić information content (AvgIpc) is 2.94. The van der Waals surface area contributed by atoms with E-state index in [4.69, 9.17) is 0 Å². The van der Waals surface area contributed by atoms with Gasteiger partial charge in [0.2, 0.25) is 5.91 Å². The standard InChI is InChI=1S/C20H31F2N3O4/c1-18(2,3)14(23-17(29)24-8-6-7-20(21,22)10-24)15(26)25-9-11-12(19(11,4)5)13(25)16(27)28/h11-14H,6-10H2,1-5H3,(H,23,29)(H,27,28)/t11-,12-,13-,14+/m0/s1. The first-order valence-corrected chi connectivity index (χ1v) is 10.1. The van der Waals surface area contributed by atoms with Crippen molar-refractivity contribution in [1.82, 2.24) is 15.1 Å². The van der Waals surface area contributed by atoms with Crippen LogP contribution in [0.5, 0.6) is 0 Å². The van der Waals surface area contributed by atoms with Gasteiger partial charge in [0.05, 0.1) is 6.54 Å². The van der Waals surface area contributed by atoms with E-state index in [0.717, 1.165) is 4.90 Å². The topological polar surface area (TPSA) is 90.0 Å². The van der Waals surface area contributed by atoms with Gasteiger partial charge < -0.3 is 20.2 Å². The van der Waals surface area contributed by atoms with Gasteiger partial charge in [0.1, 0.15) is 12.1 Å². The molecule has 0 aromatic carbocycles. The fourth-order valence-corrected chi connectivity index (χ4v) is 4.96. The van der Waals surface area contributed by atoms with Crippen molar-refractivity contribution >= 4 is 17.9 Å². The Morgan fingerprint density at radius 2 is 1.83 bits per heavy atom. The van der Waals surface area contributed by atoms with Crippen molar-refractivity contribution in [1.29, 1.82) is 0 Å². The monoisotopic (exact) mass is 415 g/mol. The Hall–Kier alpha value is -1.93. The highest BCUT2D eigenvalue weighted by molar-refractivity contribution is 5.92. The molecule has 2 N–H and O–H groups in total. The summed E-state index contributed by atoms with van der Waals surface area (Å²) in [5.74, 6) is -4.45. The van der Waals surface area contributed by atoms with Gasteiger partial charge in [-0.25, -0.2) is 18.4 Å². The summed E-state index contributed by atoms with van der Waals surface area (Å²) in [6, 6.07) is -2.65. The molecule has 2 heterocycles. The predicted molar refractivity (Wildman–Crippen MR) is 101 cm³/mol. The molecule has 0 spiro atoms. The van der Waals surface area contributed by atoms with Gasteiger partial charge in [0, 0.05) is 25.4 Å². The molecule has 1 aliphatic carbocycles. The van der Waals surface area contributed by atoms with Gasteiger partial charge in [-0.05, 0) is 23.2 Å². The lowest BCUT2D eigenvalue weighted by Gasteiger charge is -2.39. The van der Waals surface area contributed by atoms with Crippen LogP contribution in [0.2, 0.25) is 0 Å². The minimum atomic E-state index is -2.94. The van der Waals surface area contributed by atoms with E-state index in [0.29, 0.717) is 6.54 Å². The van der Waals surface area contributed by atoms with Crippen molar-refractivity contribution in [2.45, 2.75) is 65.5 Å². The molecular formula is C20H31F2N3O4. The number of fused-ring (bicyclic) bond motifs is 1. The molecule has 7 nitrogen and oxygen atoms in total. The largest absolute Gasteiger partial charge is 0.480 e. The van der Waals surface area contributed by atoms with Gasteiger partial charge in [0.25, 0.3) is 5.92 Å². The molecule has 3 rings (SSSR count). The van der Waals surface area contributed by atoms with Crippen molar-refractivity contribution in [3.63, 3.8) is 0 Å². The van der Waals surface area contributed by atoms with E-state index in [1.165, 1.54) is 4.90 Å². The molecule has 164 valence electrons. The number of urea groups is 1. The maximum atomic E-state index is 13.7. The summed E-state index contributed by atoms with van der Waals surface area (Å²) < 4.78 is 27.4. The Bertz CT molecular complexity index is 719. The number of hydrogen-bond donors (Lipinski definition) is 2. The highest BCUT2D eigenvalue weighted by Gasteiger charge is 2.70. The number of rotatable bonds is 3. The van der Waals surface area contributed by atoms with Gasteiger partial charge in [-0.1, -0.05) is 34.6 Å². The first kappa shape index (κ1) is 21.8. The maximum absolute atomic E-state index is 13.7. The predicted octanol–water partition coefficient (Wildman–Crippen LogP) is 2.41. The molecule has 3 amide bonds. The highest BCUT2D eigenvalue weighted by atomic mass is 19.3. The van der Waals surface area contributed by atoms with Crippen molar-refractivity contribution in [2.75, 3.05) is 19.6 Å². The van der Waals surface area contributed by atoms with Crippen molar-refractivity contribution in [3.8, 4) is 0 Å². The summed E-state index contributed by atoms with van der Waals surface area (Å²) in [4.78, 5) is 40.2. The molecule has 4 atom stereocenters. The molecular weight excluding hydrogens is 384 g/mol. The quantitative estimate of drug-likeness (QED) is 0.741. The minimum absolute atomic E-state index is 0.110. The van der Waals surface area contributed by atoms with E-state index in [-0.39, 0.29) is 36.6 Å². The van der Waals surface area contributed by atoms with E-state index < -0.39 is 47.9 Å². The third-order valence-electron chi connectivity index (χ3n) is 6.81. The summed E-state index contributed by atoms with van der Waals surface area (Å²) in [5.41, 5.74) is -0.837. The van der Waals surface area contributed by atoms with E-state index in [2.05, 4.69) is 5.32 Å². The summed E-state index contributed by atoms with van der Waals surface area (Å²) in [6.07, 6.45) is -0.0642. The van der Waals surface area contributed by atoms with Crippen LogP contribution in [0.3, 0.4) is 0 Å². The van der Waals surface area contributed by atoms with Crippen LogP contribution in [0.4, 0.5) is 13.6 Å². The summed E-state index contributed by atoms with van der Waals surface area (Å²) in [7, 11) is 0. The Kier molecular flexibility index (Phi) is 5.11. The Labute approximate surface area is 169 Å². The van der Waals surface area contributed by atoms with Crippen LogP contribution in [0.15, 0.2) is 0 Å². The number of halogens is 2. The number of nitrogens with zero attached hydrogens (tertiary/aromatic N) is 2. The smallest absolute Gasteiger partial charge is 0.326 e. The molecule has 0 unspecified atom stereocenters. The number of carboxylic acids is 1. The van der Waals surface area contributed by atoms with E-state index in [9.17, 15) is 28.3 Å². The Morgan fingerprint density at radius 3 is 2.34 bits per heavy atom. The lowest BCUT2D eigenvalue weighted by atomic mass is 9.85.